The van der Waals surface area contributed by atoms with E-state index in [2.05, 4.69) is 229 Å². The largest absolute Gasteiger partial charge is 0.455 e. The molecule has 2 atom stereocenters. The van der Waals surface area contributed by atoms with E-state index in [0.717, 1.165) is 39.5 Å². The first-order chi connectivity index (χ1) is 31.2. The number of nitrogens with zero attached hydrogens (tertiary/aromatic N) is 1. The van der Waals surface area contributed by atoms with Gasteiger partial charge in [-0.3, -0.25) is 0 Å². The third-order valence-corrected chi connectivity index (χ3v) is 14.4. The molecular formula is C60H39NOS. The van der Waals surface area contributed by atoms with Gasteiger partial charge in [0.25, 0.3) is 0 Å². The Hall–Kier alpha value is -7.72. The van der Waals surface area contributed by atoms with Gasteiger partial charge in [-0.05, 0) is 105 Å². The molecule has 2 unspecified atom stereocenters. The Morgan fingerprint density at radius 1 is 0.397 bits per heavy atom. The maximum atomic E-state index is 6.95. The number of hydrogen-bond donors (Lipinski definition) is 0. The minimum Gasteiger partial charge on any atom is -0.455 e. The van der Waals surface area contributed by atoms with Crippen LogP contribution in [0, 0.1) is 0 Å². The van der Waals surface area contributed by atoms with Crippen LogP contribution in [0.2, 0.25) is 0 Å². The van der Waals surface area contributed by atoms with Crippen molar-refractivity contribution in [1.82, 2.24) is 0 Å². The molecule has 0 N–H and O–H groups in total. The molecule has 2 nitrogen and oxygen atoms in total. The third-order valence-electron chi connectivity index (χ3n) is 13.3. The van der Waals surface area contributed by atoms with E-state index in [9.17, 15) is 0 Å². The molecule has 296 valence electrons. The maximum absolute atomic E-state index is 6.95. The molecule has 0 radical (unpaired) electrons. The molecule has 2 aliphatic carbocycles. The molecule has 9 aromatic carbocycles. The fourth-order valence-corrected chi connectivity index (χ4v) is 11.3. The highest BCUT2D eigenvalue weighted by molar-refractivity contribution is 7.25. The van der Waals surface area contributed by atoms with Gasteiger partial charge in [0, 0.05) is 71.1 Å². The summed E-state index contributed by atoms with van der Waals surface area (Å²) in [6, 6.07) is 73.1. The van der Waals surface area contributed by atoms with Crippen LogP contribution in [0.5, 0.6) is 0 Å². The molecule has 3 heteroatoms. The first kappa shape index (κ1) is 36.0. The molecule has 0 aliphatic heterocycles. The lowest BCUT2D eigenvalue weighted by Crippen LogP contribution is -2.15. The van der Waals surface area contributed by atoms with Gasteiger partial charge in [-0.1, -0.05) is 164 Å². The Balaban J connectivity index is 0.883. The summed E-state index contributed by atoms with van der Waals surface area (Å²) in [4.78, 5) is 2.36. The van der Waals surface area contributed by atoms with Crippen molar-refractivity contribution < 1.29 is 4.42 Å². The molecular weight excluding hydrogens is 783 g/mol. The molecule has 13 rings (SSSR count). The second-order valence-corrected chi connectivity index (χ2v) is 17.9. The highest BCUT2D eigenvalue weighted by Gasteiger charge is 2.36. The van der Waals surface area contributed by atoms with E-state index in [4.69, 9.17) is 4.42 Å². The summed E-state index contributed by atoms with van der Waals surface area (Å²) in [7, 11) is 0. The quantitative estimate of drug-likeness (QED) is 0.166. The van der Waals surface area contributed by atoms with E-state index in [-0.39, 0.29) is 5.92 Å². The highest BCUT2D eigenvalue weighted by atomic mass is 32.1. The van der Waals surface area contributed by atoms with Crippen molar-refractivity contribution in [2.24, 2.45) is 0 Å². The van der Waals surface area contributed by atoms with Crippen molar-refractivity contribution >= 4 is 70.3 Å². The van der Waals surface area contributed by atoms with Crippen LogP contribution in [0.15, 0.2) is 229 Å². The maximum Gasteiger partial charge on any atom is 0.142 e. The molecule has 63 heavy (non-hydrogen) atoms. The monoisotopic (exact) mass is 821 g/mol. The summed E-state index contributed by atoms with van der Waals surface area (Å²) in [6.07, 6.45) is 9.05. The van der Waals surface area contributed by atoms with Crippen LogP contribution in [-0.2, 0) is 0 Å². The Labute approximate surface area is 369 Å². The van der Waals surface area contributed by atoms with Crippen molar-refractivity contribution in [3.05, 3.63) is 236 Å². The minimum atomic E-state index is 0.242. The van der Waals surface area contributed by atoms with Crippen molar-refractivity contribution in [3.63, 3.8) is 0 Å². The zero-order valence-electron chi connectivity index (χ0n) is 34.3. The van der Waals surface area contributed by atoms with Crippen LogP contribution in [0.4, 0.5) is 17.1 Å². The lowest BCUT2D eigenvalue weighted by Gasteiger charge is -2.31. The number of anilines is 3. The van der Waals surface area contributed by atoms with Crippen LogP contribution in [0.3, 0.4) is 0 Å². The predicted molar refractivity (Wildman–Crippen MR) is 267 cm³/mol. The van der Waals surface area contributed by atoms with Gasteiger partial charge in [-0.25, -0.2) is 0 Å². The van der Waals surface area contributed by atoms with E-state index >= 15 is 0 Å². The predicted octanol–water partition coefficient (Wildman–Crippen LogP) is 17.4. The van der Waals surface area contributed by atoms with Crippen molar-refractivity contribution in [2.45, 2.75) is 11.8 Å². The average Bonchev–Trinajstić information content (AvgIpc) is 3.93. The SMILES string of the molecule is C1=CC2c3ccccc3-c3oc4c(-c5ccc(N(c6ccc(-c7ccccc7)cc6)c6ccc(-c7ccc8sc9cc%10ccccc%10cc9c8c7)cc6)cc5)cccc4c3C2C=C1. The van der Waals surface area contributed by atoms with E-state index in [1.807, 2.05) is 11.3 Å². The van der Waals surface area contributed by atoms with Crippen molar-refractivity contribution in [3.8, 4) is 44.7 Å². The fourth-order valence-electron chi connectivity index (χ4n) is 10.2. The third kappa shape index (κ3) is 5.92. The lowest BCUT2D eigenvalue weighted by molar-refractivity contribution is 0.606. The van der Waals surface area contributed by atoms with Gasteiger partial charge in [0.2, 0.25) is 0 Å². The van der Waals surface area contributed by atoms with Gasteiger partial charge in [0.05, 0.1) is 0 Å². The van der Waals surface area contributed by atoms with Gasteiger partial charge in [0.1, 0.15) is 11.3 Å². The van der Waals surface area contributed by atoms with Gasteiger partial charge >= 0.3 is 0 Å². The Kier molecular flexibility index (Phi) is 8.25. The van der Waals surface area contributed by atoms with E-state index in [1.165, 1.54) is 75.3 Å². The zero-order chi connectivity index (χ0) is 41.4. The van der Waals surface area contributed by atoms with E-state index in [0.29, 0.717) is 5.92 Å². The number of para-hydroxylation sites is 1. The number of allylic oxidation sites excluding steroid dienone is 4. The normalized spacial score (nSPS) is 15.2. The first-order valence-electron chi connectivity index (χ1n) is 21.7. The zero-order valence-corrected chi connectivity index (χ0v) is 35.1. The highest BCUT2D eigenvalue weighted by Crippen LogP contribution is 2.54. The van der Waals surface area contributed by atoms with Crippen LogP contribution in [-0.4, -0.2) is 0 Å². The molecule has 0 spiro atoms. The lowest BCUT2D eigenvalue weighted by atomic mass is 9.71. The molecule has 0 saturated heterocycles. The van der Waals surface area contributed by atoms with Gasteiger partial charge in [-0.2, -0.15) is 0 Å². The van der Waals surface area contributed by atoms with Crippen LogP contribution in [0.1, 0.15) is 23.0 Å². The summed E-state index contributed by atoms with van der Waals surface area (Å²) < 4.78 is 9.60. The average molecular weight is 822 g/mol. The molecule has 0 bridgehead atoms. The number of thiophene rings is 1. The van der Waals surface area contributed by atoms with Crippen molar-refractivity contribution in [2.75, 3.05) is 4.90 Å². The number of rotatable bonds is 6. The molecule has 0 saturated carbocycles. The minimum absolute atomic E-state index is 0.242. The molecule has 0 amide bonds. The second kappa shape index (κ2) is 14.4. The standard InChI is InChI=1S/C60H39NOS/c1-2-11-38(12-3-1)39-21-28-45(29-22-39)61(46-30-23-40(24-31-46)44-27-34-56-54(36-44)55-35-42-13-4-5-14-43(42)37-57(55)63-56)47-32-25-41(26-33-47)48-19-10-20-53-58-51-17-8-6-15-49(51)50-16-7-9-18-52(50)60(58)62-59(48)53/h1-37,49,51H. The van der Waals surface area contributed by atoms with Crippen LogP contribution in [0.25, 0.3) is 86.6 Å². The summed E-state index contributed by atoms with van der Waals surface area (Å²) in [6.45, 7) is 0. The summed E-state index contributed by atoms with van der Waals surface area (Å²) >= 11 is 1.87. The summed E-state index contributed by atoms with van der Waals surface area (Å²) in [5, 5.41) is 6.39. The Morgan fingerprint density at radius 3 is 1.71 bits per heavy atom. The van der Waals surface area contributed by atoms with Gasteiger partial charge < -0.3 is 9.32 Å². The molecule has 2 aliphatic rings. The molecule has 11 aromatic rings. The number of fused-ring (bicyclic) bond motifs is 12. The van der Waals surface area contributed by atoms with Crippen LogP contribution < -0.4 is 4.90 Å². The van der Waals surface area contributed by atoms with Gasteiger partial charge in [-0.15, -0.1) is 11.3 Å². The Morgan fingerprint density at radius 2 is 0.968 bits per heavy atom. The topological polar surface area (TPSA) is 16.4 Å². The van der Waals surface area contributed by atoms with E-state index < -0.39 is 0 Å². The molecule has 0 fully saturated rings. The fraction of sp³-hybridized carbons (Fsp3) is 0.0333. The second-order valence-electron chi connectivity index (χ2n) is 16.8. The Bertz CT molecular complexity index is 3610. The summed E-state index contributed by atoms with van der Waals surface area (Å²) in [5.74, 6) is 1.54. The number of benzene rings is 9. The number of hydrogen-bond acceptors (Lipinski definition) is 3. The molecule has 2 aromatic heterocycles. The number of furan rings is 1. The summed E-state index contributed by atoms with van der Waals surface area (Å²) in [5.41, 5.74) is 15.1. The van der Waals surface area contributed by atoms with E-state index in [1.54, 1.807) is 0 Å². The van der Waals surface area contributed by atoms with Gasteiger partial charge in [0.15, 0.2) is 0 Å². The molecule has 2 heterocycles. The van der Waals surface area contributed by atoms with Crippen molar-refractivity contribution in [1.29, 1.82) is 0 Å². The van der Waals surface area contributed by atoms with Crippen LogP contribution >= 0.6 is 11.3 Å². The first-order valence-corrected chi connectivity index (χ1v) is 22.5. The smallest absolute Gasteiger partial charge is 0.142 e.